The summed E-state index contributed by atoms with van der Waals surface area (Å²) in [4.78, 5) is 4.83. The quantitative estimate of drug-likeness (QED) is 0.876. The second-order valence-corrected chi connectivity index (χ2v) is 6.72. The van der Waals surface area contributed by atoms with Crippen LogP contribution in [0.3, 0.4) is 0 Å². The molecule has 2 unspecified atom stereocenters. The predicted octanol–water partition coefficient (Wildman–Crippen LogP) is 3.04. The van der Waals surface area contributed by atoms with E-state index in [1.165, 1.54) is 42.6 Å². The standard InChI is InChI=1S/C18H27N3/c1-14-6-5-9-18(12-14)17(19-10-11-21-18)20-13-16-8-4-3-7-15(16)2/h3-4,7-8,14,21H,5-6,9-13H2,1-2H3,(H,19,20). The van der Waals surface area contributed by atoms with Gasteiger partial charge in [-0.1, -0.05) is 44.0 Å². The van der Waals surface area contributed by atoms with Gasteiger partial charge in [-0.25, -0.2) is 0 Å². The van der Waals surface area contributed by atoms with E-state index >= 15 is 0 Å². The predicted molar refractivity (Wildman–Crippen MR) is 88.7 cm³/mol. The van der Waals surface area contributed by atoms with Gasteiger partial charge in [0, 0.05) is 13.1 Å². The van der Waals surface area contributed by atoms with Crippen LogP contribution in [0.4, 0.5) is 0 Å². The van der Waals surface area contributed by atoms with Gasteiger partial charge in [-0.15, -0.1) is 0 Å². The van der Waals surface area contributed by atoms with Crippen LogP contribution < -0.4 is 10.6 Å². The van der Waals surface area contributed by atoms with E-state index in [9.17, 15) is 0 Å². The van der Waals surface area contributed by atoms with E-state index < -0.39 is 0 Å². The van der Waals surface area contributed by atoms with Crippen molar-refractivity contribution in [2.45, 2.75) is 51.6 Å². The molecule has 0 bridgehead atoms. The molecule has 1 aliphatic heterocycles. The van der Waals surface area contributed by atoms with Crippen molar-refractivity contribution in [1.29, 1.82) is 0 Å². The van der Waals surface area contributed by atoms with Crippen molar-refractivity contribution >= 4 is 5.84 Å². The number of aliphatic imine (C=N–C) groups is 1. The van der Waals surface area contributed by atoms with Crippen LogP contribution in [0.5, 0.6) is 0 Å². The number of rotatable bonds is 2. The molecule has 114 valence electrons. The summed E-state index contributed by atoms with van der Waals surface area (Å²) < 4.78 is 0. The van der Waals surface area contributed by atoms with E-state index in [4.69, 9.17) is 4.99 Å². The smallest absolute Gasteiger partial charge is 0.117 e. The molecule has 3 nitrogen and oxygen atoms in total. The molecule has 1 spiro atoms. The van der Waals surface area contributed by atoms with Crippen LogP contribution in [-0.4, -0.2) is 24.5 Å². The van der Waals surface area contributed by atoms with Crippen molar-refractivity contribution in [2.24, 2.45) is 10.9 Å². The third kappa shape index (κ3) is 3.13. The molecule has 2 aliphatic rings. The van der Waals surface area contributed by atoms with Gasteiger partial charge in [0.25, 0.3) is 0 Å². The van der Waals surface area contributed by atoms with Gasteiger partial charge in [0.1, 0.15) is 5.84 Å². The summed E-state index contributed by atoms with van der Waals surface area (Å²) in [6, 6.07) is 8.60. The maximum Gasteiger partial charge on any atom is 0.117 e. The zero-order valence-electron chi connectivity index (χ0n) is 13.3. The highest BCUT2D eigenvalue weighted by atomic mass is 15.2. The molecule has 2 atom stereocenters. The largest absolute Gasteiger partial charge is 0.368 e. The minimum absolute atomic E-state index is 0.110. The first kappa shape index (κ1) is 14.6. The third-order valence-electron chi connectivity index (χ3n) is 5.00. The molecule has 0 saturated heterocycles. The van der Waals surface area contributed by atoms with E-state index in [0.29, 0.717) is 0 Å². The first-order valence-corrected chi connectivity index (χ1v) is 8.28. The first-order chi connectivity index (χ1) is 10.2. The Labute approximate surface area is 128 Å². The van der Waals surface area contributed by atoms with Crippen molar-refractivity contribution in [1.82, 2.24) is 10.6 Å². The van der Waals surface area contributed by atoms with Crippen LogP contribution in [0.15, 0.2) is 29.3 Å². The number of hydrogen-bond acceptors (Lipinski definition) is 3. The summed E-state index contributed by atoms with van der Waals surface area (Å²) in [5, 5.41) is 7.42. The lowest BCUT2D eigenvalue weighted by atomic mass is 9.75. The molecule has 0 aromatic heterocycles. The zero-order valence-corrected chi connectivity index (χ0v) is 13.3. The topological polar surface area (TPSA) is 36.4 Å². The van der Waals surface area contributed by atoms with Crippen molar-refractivity contribution in [3.05, 3.63) is 35.4 Å². The fourth-order valence-electron chi connectivity index (χ4n) is 3.84. The molecule has 3 rings (SSSR count). The second kappa shape index (κ2) is 6.18. The van der Waals surface area contributed by atoms with Crippen LogP contribution in [0.2, 0.25) is 0 Å². The summed E-state index contributed by atoms with van der Waals surface area (Å²) >= 11 is 0. The maximum atomic E-state index is 4.83. The number of nitrogens with zero attached hydrogens (tertiary/aromatic N) is 1. The summed E-state index contributed by atoms with van der Waals surface area (Å²) in [6.45, 7) is 7.34. The van der Waals surface area contributed by atoms with E-state index in [0.717, 1.165) is 25.6 Å². The molecule has 1 aromatic carbocycles. The average molecular weight is 285 g/mol. The van der Waals surface area contributed by atoms with Gasteiger partial charge in [0.05, 0.1) is 12.1 Å². The Kier molecular flexibility index (Phi) is 4.29. The van der Waals surface area contributed by atoms with Gasteiger partial charge in [0.15, 0.2) is 0 Å². The maximum absolute atomic E-state index is 4.83. The number of amidine groups is 1. The molecule has 1 heterocycles. The van der Waals surface area contributed by atoms with Gasteiger partial charge >= 0.3 is 0 Å². The van der Waals surface area contributed by atoms with Crippen molar-refractivity contribution in [3.63, 3.8) is 0 Å². The monoisotopic (exact) mass is 285 g/mol. The summed E-state index contributed by atoms with van der Waals surface area (Å²) in [7, 11) is 0. The van der Waals surface area contributed by atoms with E-state index in [1.807, 2.05) is 0 Å². The van der Waals surface area contributed by atoms with Gasteiger partial charge in [-0.3, -0.25) is 4.99 Å². The Balaban J connectivity index is 1.73. The van der Waals surface area contributed by atoms with E-state index in [2.05, 4.69) is 48.7 Å². The normalized spacial score (nSPS) is 29.2. The van der Waals surface area contributed by atoms with Crippen LogP contribution in [-0.2, 0) is 6.54 Å². The van der Waals surface area contributed by atoms with Gasteiger partial charge in [-0.05, 0) is 36.8 Å². The minimum atomic E-state index is 0.110. The highest BCUT2D eigenvalue weighted by molar-refractivity contribution is 5.92. The van der Waals surface area contributed by atoms with E-state index in [-0.39, 0.29) is 5.54 Å². The highest BCUT2D eigenvalue weighted by Gasteiger charge is 2.40. The fraction of sp³-hybridized carbons (Fsp3) is 0.611. The molecular formula is C18H27N3. The lowest BCUT2D eigenvalue weighted by Gasteiger charge is -2.44. The summed E-state index contributed by atoms with van der Waals surface area (Å²) in [5.41, 5.74) is 2.82. The van der Waals surface area contributed by atoms with Crippen LogP contribution in [0.1, 0.15) is 43.7 Å². The molecule has 3 heteroatoms. The van der Waals surface area contributed by atoms with Gasteiger partial charge in [-0.2, -0.15) is 0 Å². The molecule has 1 aromatic rings. The van der Waals surface area contributed by atoms with Crippen molar-refractivity contribution in [3.8, 4) is 0 Å². The number of hydrogen-bond donors (Lipinski definition) is 2. The Morgan fingerprint density at radius 1 is 1.38 bits per heavy atom. The molecule has 1 aliphatic carbocycles. The zero-order chi connectivity index (χ0) is 14.7. The van der Waals surface area contributed by atoms with E-state index in [1.54, 1.807) is 0 Å². The molecule has 0 amide bonds. The molecule has 1 saturated carbocycles. The molecule has 2 N–H and O–H groups in total. The molecule has 0 radical (unpaired) electrons. The lowest BCUT2D eigenvalue weighted by molar-refractivity contribution is 0.243. The van der Waals surface area contributed by atoms with Crippen LogP contribution in [0, 0.1) is 12.8 Å². The van der Waals surface area contributed by atoms with Gasteiger partial charge < -0.3 is 10.6 Å². The Hall–Kier alpha value is -1.35. The minimum Gasteiger partial charge on any atom is -0.368 e. The first-order valence-electron chi connectivity index (χ1n) is 8.28. The average Bonchev–Trinajstić information content (AvgIpc) is 2.48. The Morgan fingerprint density at radius 3 is 3.05 bits per heavy atom. The molecule has 21 heavy (non-hydrogen) atoms. The molecular weight excluding hydrogens is 258 g/mol. The van der Waals surface area contributed by atoms with Crippen molar-refractivity contribution in [2.75, 3.05) is 13.1 Å². The van der Waals surface area contributed by atoms with Crippen LogP contribution >= 0.6 is 0 Å². The number of nitrogens with one attached hydrogen (secondary N) is 2. The highest BCUT2D eigenvalue weighted by Crippen LogP contribution is 2.34. The summed E-state index contributed by atoms with van der Waals surface area (Å²) in [5.74, 6) is 1.98. The number of aryl methyl sites for hydroxylation is 1. The second-order valence-electron chi connectivity index (χ2n) is 6.72. The molecule has 1 fully saturated rings. The summed E-state index contributed by atoms with van der Waals surface area (Å²) in [6.07, 6.45) is 5.09. The van der Waals surface area contributed by atoms with Crippen LogP contribution in [0.25, 0.3) is 0 Å². The van der Waals surface area contributed by atoms with Crippen molar-refractivity contribution < 1.29 is 0 Å². The Morgan fingerprint density at radius 2 is 2.24 bits per heavy atom. The Bertz CT molecular complexity index is 523. The number of benzene rings is 1. The van der Waals surface area contributed by atoms with Gasteiger partial charge in [0.2, 0.25) is 0 Å². The third-order valence-corrected chi connectivity index (χ3v) is 5.00. The lowest BCUT2D eigenvalue weighted by Crippen LogP contribution is -2.61. The fourth-order valence-corrected chi connectivity index (χ4v) is 3.84. The SMILES string of the molecule is Cc1ccccc1CNC1=NCCNC12CCCC(C)C2.